The van der Waals surface area contributed by atoms with Crippen molar-refractivity contribution in [3.05, 3.63) is 96.1 Å². The maximum atomic E-state index is 14.6. The van der Waals surface area contributed by atoms with Gasteiger partial charge in [0.15, 0.2) is 0 Å². The number of para-hydroxylation sites is 1. The second-order valence-electron chi connectivity index (χ2n) is 7.83. The van der Waals surface area contributed by atoms with Gasteiger partial charge in [0.1, 0.15) is 17.5 Å². The van der Waals surface area contributed by atoms with Crippen molar-refractivity contribution in [2.45, 2.75) is 0 Å². The average Bonchev–Trinajstić information content (AvgIpc) is 3.37. The summed E-state index contributed by atoms with van der Waals surface area (Å²) in [6.07, 6.45) is 0. The van der Waals surface area contributed by atoms with Crippen LogP contribution in [0.1, 0.15) is 10.4 Å². The Kier molecular flexibility index (Phi) is 4.07. The molecule has 0 saturated heterocycles. The van der Waals surface area contributed by atoms with Crippen molar-refractivity contribution in [2.75, 3.05) is 0 Å². The lowest BCUT2D eigenvalue weighted by Crippen LogP contribution is -2.13. The Hall–Kier alpha value is -4.52. The summed E-state index contributed by atoms with van der Waals surface area (Å²) < 4.78 is 30.3. The minimum Gasteiger partial charge on any atom is -0.366 e. The summed E-state index contributed by atoms with van der Waals surface area (Å²) in [6.45, 7) is 0. The number of aromatic amines is 1. The van der Waals surface area contributed by atoms with Gasteiger partial charge in [-0.3, -0.25) is 4.79 Å². The van der Waals surface area contributed by atoms with Crippen LogP contribution < -0.4 is 5.73 Å². The Bertz CT molecular complexity index is 1730. The molecular weight excluding hydrogens is 422 g/mol. The highest BCUT2D eigenvalue weighted by Crippen LogP contribution is 2.38. The highest BCUT2D eigenvalue weighted by atomic mass is 19.1. The maximum absolute atomic E-state index is 14.6. The summed E-state index contributed by atoms with van der Waals surface area (Å²) in [6, 6.07) is 22.4. The first-order valence-corrected chi connectivity index (χ1v) is 10.3. The highest BCUT2D eigenvalue weighted by Gasteiger charge is 2.19. The minimum absolute atomic E-state index is 0.158. The number of aromatic nitrogens is 3. The Morgan fingerprint density at radius 2 is 1.73 bits per heavy atom. The van der Waals surface area contributed by atoms with E-state index in [2.05, 4.69) is 9.97 Å². The summed E-state index contributed by atoms with van der Waals surface area (Å²) in [4.78, 5) is 19.4. The van der Waals surface area contributed by atoms with Crippen LogP contribution in [0.15, 0.2) is 78.9 Å². The quantitative estimate of drug-likeness (QED) is 0.372. The number of halogens is 2. The molecule has 0 aliphatic rings. The molecule has 4 aromatic carbocycles. The summed E-state index contributed by atoms with van der Waals surface area (Å²) in [7, 11) is 0. The molecule has 0 aliphatic carbocycles. The van der Waals surface area contributed by atoms with E-state index in [1.165, 1.54) is 24.3 Å². The van der Waals surface area contributed by atoms with Crippen molar-refractivity contribution < 1.29 is 13.6 Å². The van der Waals surface area contributed by atoms with E-state index in [9.17, 15) is 13.6 Å². The van der Waals surface area contributed by atoms with Gasteiger partial charge in [-0.2, -0.15) is 0 Å². The molecule has 2 heterocycles. The molecule has 3 N–H and O–H groups in total. The van der Waals surface area contributed by atoms with Gasteiger partial charge in [0.2, 0.25) is 0 Å². The van der Waals surface area contributed by atoms with Gasteiger partial charge in [-0.1, -0.05) is 30.3 Å². The monoisotopic (exact) mass is 438 g/mol. The number of H-pyrrole nitrogens is 1. The molecule has 2 aromatic heterocycles. The van der Waals surface area contributed by atoms with Crippen molar-refractivity contribution in [1.29, 1.82) is 0 Å². The first kappa shape index (κ1) is 19.2. The first-order valence-electron chi connectivity index (χ1n) is 10.3. The van der Waals surface area contributed by atoms with Crippen LogP contribution in [0.4, 0.5) is 8.78 Å². The fourth-order valence-corrected chi connectivity index (χ4v) is 4.45. The van der Waals surface area contributed by atoms with E-state index in [1.807, 2.05) is 47.0 Å². The summed E-state index contributed by atoms with van der Waals surface area (Å²) in [5, 5.41) is 1.88. The second kappa shape index (κ2) is 7.00. The average molecular weight is 438 g/mol. The molecule has 0 bridgehead atoms. The number of nitrogens with zero attached hydrogens (tertiary/aromatic N) is 2. The van der Waals surface area contributed by atoms with Crippen LogP contribution in [-0.4, -0.2) is 20.4 Å². The molecule has 6 rings (SSSR count). The molecule has 160 valence electrons. The number of nitrogens with two attached hydrogens (primary N) is 1. The zero-order valence-electron chi connectivity index (χ0n) is 17.1. The minimum atomic E-state index is -0.815. The number of hydrogen-bond donors (Lipinski definition) is 2. The topological polar surface area (TPSA) is 76.7 Å². The Labute approximate surface area is 186 Å². The van der Waals surface area contributed by atoms with Gasteiger partial charge in [-0.05, 0) is 48.5 Å². The van der Waals surface area contributed by atoms with Gasteiger partial charge in [-0.15, -0.1) is 0 Å². The maximum Gasteiger partial charge on any atom is 0.251 e. The van der Waals surface area contributed by atoms with E-state index in [1.54, 1.807) is 12.1 Å². The van der Waals surface area contributed by atoms with Crippen LogP contribution in [0.3, 0.4) is 0 Å². The van der Waals surface area contributed by atoms with E-state index in [0.29, 0.717) is 22.5 Å². The van der Waals surface area contributed by atoms with Crippen molar-refractivity contribution in [2.24, 2.45) is 5.73 Å². The Balaban J connectivity index is 1.67. The molecule has 0 spiro atoms. The van der Waals surface area contributed by atoms with Crippen LogP contribution in [0, 0.1) is 11.6 Å². The molecule has 0 atom stereocenters. The van der Waals surface area contributed by atoms with Crippen LogP contribution in [0.2, 0.25) is 0 Å². The molecule has 5 nitrogen and oxygen atoms in total. The van der Waals surface area contributed by atoms with Gasteiger partial charge in [-0.25, -0.2) is 13.8 Å². The Morgan fingerprint density at radius 3 is 2.55 bits per heavy atom. The zero-order chi connectivity index (χ0) is 22.7. The summed E-state index contributed by atoms with van der Waals surface area (Å²) in [5.74, 6) is -1.22. The van der Waals surface area contributed by atoms with Crippen LogP contribution in [-0.2, 0) is 0 Å². The van der Waals surface area contributed by atoms with Crippen LogP contribution in [0.25, 0.3) is 49.9 Å². The fourth-order valence-electron chi connectivity index (χ4n) is 4.45. The number of rotatable bonds is 3. The molecule has 7 heteroatoms. The van der Waals surface area contributed by atoms with E-state index < -0.39 is 11.7 Å². The molecule has 1 amide bonds. The molecular formula is C26H16F2N4O. The van der Waals surface area contributed by atoms with Gasteiger partial charge in [0.05, 0.1) is 27.6 Å². The number of carbonyl (C=O) groups excluding carboxylic acids is 1. The molecule has 6 aromatic rings. The summed E-state index contributed by atoms with van der Waals surface area (Å²) >= 11 is 0. The SMILES string of the molecule is NC(=O)c1ccc(-n2c3ccccc3c3c(-c4nc5ccc(F)cc5[nH]4)cccc32)cc1F. The number of amides is 1. The molecule has 33 heavy (non-hydrogen) atoms. The predicted octanol–water partition coefficient (Wildman–Crippen LogP) is 5.70. The second-order valence-corrected chi connectivity index (χ2v) is 7.83. The zero-order valence-corrected chi connectivity index (χ0v) is 17.1. The van der Waals surface area contributed by atoms with E-state index in [0.717, 1.165) is 27.4 Å². The lowest BCUT2D eigenvalue weighted by Gasteiger charge is -2.09. The Morgan fingerprint density at radius 1 is 0.909 bits per heavy atom. The van der Waals surface area contributed by atoms with Crippen molar-refractivity contribution in [1.82, 2.24) is 14.5 Å². The van der Waals surface area contributed by atoms with Gasteiger partial charge in [0.25, 0.3) is 5.91 Å². The van der Waals surface area contributed by atoms with Crippen molar-refractivity contribution >= 4 is 38.7 Å². The molecule has 0 radical (unpaired) electrons. The smallest absolute Gasteiger partial charge is 0.251 e. The van der Waals surface area contributed by atoms with Crippen molar-refractivity contribution in [3.63, 3.8) is 0 Å². The van der Waals surface area contributed by atoms with Gasteiger partial charge in [0, 0.05) is 22.0 Å². The lowest BCUT2D eigenvalue weighted by molar-refractivity contribution is 0.0996. The number of imidazole rings is 1. The normalized spacial score (nSPS) is 11.6. The number of nitrogens with one attached hydrogen (secondary N) is 1. The van der Waals surface area contributed by atoms with Crippen molar-refractivity contribution in [3.8, 4) is 17.1 Å². The third-order valence-electron chi connectivity index (χ3n) is 5.87. The number of fused-ring (bicyclic) bond motifs is 4. The predicted molar refractivity (Wildman–Crippen MR) is 124 cm³/mol. The lowest BCUT2D eigenvalue weighted by atomic mass is 10.1. The third-order valence-corrected chi connectivity index (χ3v) is 5.87. The standard InChI is InChI=1S/C26H16F2N4O/c27-14-8-11-20-21(12-14)31-26(30-20)18-5-3-7-23-24(18)17-4-1-2-6-22(17)32(23)15-9-10-16(25(29)33)19(28)13-15/h1-13H,(H2,29,33)(H,30,31). The van der Waals surface area contributed by atoms with Gasteiger partial charge < -0.3 is 15.3 Å². The molecule has 0 unspecified atom stereocenters. The van der Waals surface area contributed by atoms with E-state index in [4.69, 9.17) is 5.73 Å². The number of carbonyl (C=O) groups is 1. The van der Waals surface area contributed by atoms with Crippen LogP contribution in [0.5, 0.6) is 0 Å². The highest BCUT2D eigenvalue weighted by molar-refractivity contribution is 6.15. The first-order chi connectivity index (χ1) is 16.0. The van der Waals surface area contributed by atoms with E-state index in [-0.39, 0.29) is 11.4 Å². The number of hydrogen-bond acceptors (Lipinski definition) is 2. The van der Waals surface area contributed by atoms with Gasteiger partial charge >= 0.3 is 0 Å². The summed E-state index contributed by atoms with van der Waals surface area (Å²) in [5.41, 5.74) is 9.49. The largest absolute Gasteiger partial charge is 0.366 e. The molecule has 0 aliphatic heterocycles. The molecule has 0 saturated carbocycles. The third kappa shape index (κ3) is 2.90. The van der Waals surface area contributed by atoms with E-state index >= 15 is 0 Å². The molecule has 0 fully saturated rings. The van der Waals surface area contributed by atoms with Crippen LogP contribution >= 0.6 is 0 Å². The number of primary amides is 1. The fraction of sp³-hybridized carbons (Fsp3) is 0. The number of benzene rings is 4.